The first-order valence-corrected chi connectivity index (χ1v) is 9.13. The molecule has 0 spiro atoms. The highest BCUT2D eigenvalue weighted by Crippen LogP contribution is 2.26. The predicted molar refractivity (Wildman–Crippen MR) is 99.8 cm³/mol. The summed E-state index contributed by atoms with van der Waals surface area (Å²) in [6.45, 7) is 2.04. The number of fused-ring (bicyclic) bond motifs is 1. The van der Waals surface area contributed by atoms with Gasteiger partial charge in [-0.15, -0.1) is 0 Å². The van der Waals surface area contributed by atoms with Gasteiger partial charge in [0, 0.05) is 6.42 Å². The van der Waals surface area contributed by atoms with Gasteiger partial charge in [0.1, 0.15) is 0 Å². The van der Waals surface area contributed by atoms with Gasteiger partial charge in [0.05, 0.1) is 16.1 Å². The molecule has 4 heteroatoms. The maximum absolute atomic E-state index is 12.2. The van der Waals surface area contributed by atoms with E-state index in [1.165, 1.54) is 29.5 Å². The van der Waals surface area contributed by atoms with Crippen molar-refractivity contribution in [1.29, 1.82) is 0 Å². The lowest BCUT2D eigenvalue weighted by atomic mass is 10.0. The molecule has 0 fully saturated rings. The van der Waals surface area contributed by atoms with E-state index in [4.69, 9.17) is 23.2 Å². The molecule has 1 N–H and O–H groups in total. The highest BCUT2D eigenvalue weighted by atomic mass is 35.5. The van der Waals surface area contributed by atoms with E-state index in [1.54, 1.807) is 6.07 Å². The Morgan fingerprint density at radius 2 is 1.88 bits per heavy atom. The summed E-state index contributed by atoms with van der Waals surface area (Å²) >= 11 is 11.9. The lowest BCUT2D eigenvalue weighted by Gasteiger charge is -2.16. The van der Waals surface area contributed by atoms with E-state index in [-0.39, 0.29) is 11.9 Å². The molecule has 0 saturated heterocycles. The Hall–Kier alpha value is -1.51. The van der Waals surface area contributed by atoms with Gasteiger partial charge in [0.15, 0.2) is 0 Å². The first-order valence-electron chi connectivity index (χ1n) is 8.38. The average molecular weight is 362 g/mol. The molecule has 0 aliphatic heterocycles. The van der Waals surface area contributed by atoms with Gasteiger partial charge in [0.2, 0.25) is 5.91 Å². The molecule has 0 heterocycles. The minimum Gasteiger partial charge on any atom is -0.350 e. The molecular weight excluding hydrogens is 341 g/mol. The molecule has 1 amide bonds. The first-order chi connectivity index (χ1) is 11.5. The van der Waals surface area contributed by atoms with Crippen molar-refractivity contribution in [2.24, 2.45) is 0 Å². The molecule has 2 nitrogen and oxygen atoms in total. The van der Waals surface area contributed by atoms with Crippen LogP contribution in [0.3, 0.4) is 0 Å². The Bertz CT molecular complexity index is 757. The van der Waals surface area contributed by atoms with Crippen LogP contribution in [0.4, 0.5) is 0 Å². The first kappa shape index (κ1) is 17.3. The molecule has 0 aromatic heterocycles. The number of carbonyl (C=O) groups excluding carboxylic acids is 1. The quantitative estimate of drug-likeness (QED) is 0.769. The summed E-state index contributed by atoms with van der Waals surface area (Å²) in [6.07, 6.45) is 4.66. The maximum Gasteiger partial charge on any atom is 0.220 e. The molecule has 2 aromatic rings. The number of benzene rings is 2. The third kappa shape index (κ3) is 4.12. The Kier molecular flexibility index (Phi) is 5.47. The minimum absolute atomic E-state index is 0.0252. The second-order valence-corrected chi connectivity index (χ2v) is 7.23. The van der Waals surface area contributed by atoms with Crippen LogP contribution in [0, 0.1) is 0 Å². The fraction of sp³-hybridized carbons (Fsp3) is 0.350. The molecule has 2 aromatic carbocycles. The summed E-state index contributed by atoms with van der Waals surface area (Å²) < 4.78 is 0. The van der Waals surface area contributed by atoms with Crippen LogP contribution in [-0.2, 0) is 24.1 Å². The average Bonchev–Trinajstić information content (AvgIpc) is 3.03. The third-order valence-corrected chi connectivity index (χ3v) is 5.36. The topological polar surface area (TPSA) is 29.1 Å². The molecule has 24 heavy (non-hydrogen) atoms. The zero-order valence-corrected chi connectivity index (χ0v) is 15.3. The van der Waals surface area contributed by atoms with Crippen molar-refractivity contribution in [3.63, 3.8) is 0 Å². The summed E-state index contributed by atoms with van der Waals surface area (Å²) in [6, 6.07) is 12.1. The van der Waals surface area contributed by atoms with Crippen molar-refractivity contribution in [1.82, 2.24) is 5.32 Å². The second-order valence-electron chi connectivity index (χ2n) is 6.42. The van der Waals surface area contributed by atoms with Gasteiger partial charge < -0.3 is 5.32 Å². The number of hydrogen-bond acceptors (Lipinski definition) is 1. The third-order valence-electron chi connectivity index (χ3n) is 4.62. The summed E-state index contributed by atoms with van der Waals surface area (Å²) in [7, 11) is 0. The molecule has 1 atom stereocenters. The van der Waals surface area contributed by atoms with E-state index in [0.29, 0.717) is 22.9 Å². The highest BCUT2D eigenvalue weighted by Gasteiger charge is 2.15. The van der Waals surface area contributed by atoms with Crippen molar-refractivity contribution >= 4 is 29.1 Å². The van der Waals surface area contributed by atoms with Gasteiger partial charge in [0.25, 0.3) is 0 Å². The van der Waals surface area contributed by atoms with Crippen LogP contribution in [-0.4, -0.2) is 5.91 Å². The van der Waals surface area contributed by atoms with E-state index in [0.717, 1.165) is 12.0 Å². The summed E-state index contributed by atoms with van der Waals surface area (Å²) in [5, 5.41) is 4.15. The van der Waals surface area contributed by atoms with Crippen molar-refractivity contribution in [2.75, 3.05) is 0 Å². The Morgan fingerprint density at radius 1 is 1.08 bits per heavy atom. The van der Waals surface area contributed by atoms with E-state index in [2.05, 4.69) is 23.5 Å². The van der Waals surface area contributed by atoms with E-state index in [1.807, 2.05) is 19.1 Å². The Morgan fingerprint density at radius 3 is 2.67 bits per heavy atom. The van der Waals surface area contributed by atoms with Gasteiger partial charge in [-0.25, -0.2) is 0 Å². The molecule has 1 aliphatic carbocycles. The van der Waals surface area contributed by atoms with Gasteiger partial charge in [-0.05, 0) is 67.0 Å². The van der Waals surface area contributed by atoms with Crippen LogP contribution in [0.25, 0.3) is 0 Å². The molecule has 0 radical (unpaired) electrons. The van der Waals surface area contributed by atoms with Crippen LogP contribution in [0.5, 0.6) is 0 Å². The monoisotopic (exact) mass is 361 g/mol. The fourth-order valence-corrected chi connectivity index (χ4v) is 3.53. The highest BCUT2D eigenvalue weighted by molar-refractivity contribution is 6.42. The lowest BCUT2D eigenvalue weighted by Crippen LogP contribution is -2.26. The Labute approximate surface area is 153 Å². The number of rotatable bonds is 5. The second kappa shape index (κ2) is 7.58. The molecule has 0 bridgehead atoms. The van der Waals surface area contributed by atoms with E-state index >= 15 is 0 Å². The summed E-state index contributed by atoms with van der Waals surface area (Å²) in [5.41, 5.74) is 5.09. The predicted octanol–water partition coefficient (Wildman–Crippen LogP) is 5.29. The zero-order chi connectivity index (χ0) is 17.1. The van der Waals surface area contributed by atoms with E-state index < -0.39 is 0 Å². The number of hydrogen-bond donors (Lipinski definition) is 1. The zero-order valence-electron chi connectivity index (χ0n) is 13.7. The smallest absolute Gasteiger partial charge is 0.220 e. The van der Waals surface area contributed by atoms with Gasteiger partial charge >= 0.3 is 0 Å². The van der Waals surface area contributed by atoms with Gasteiger partial charge in [-0.1, -0.05) is 47.5 Å². The van der Waals surface area contributed by atoms with Gasteiger partial charge in [-0.3, -0.25) is 4.79 Å². The lowest BCUT2D eigenvalue weighted by molar-refractivity contribution is -0.121. The normalized spacial score (nSPS) is 14.3. The fourth-order valence-electron chi connectivity index (χ4n) is 3.21. The Balaban J connectivity index is 1.55. The molecule has 1 aliphatic rings. The van der Waals surface area contributed by atoms with Crippen LogP contribution < -0.4 is 5.32 Å². The molecule has 3 rings (SSSR count). The minimum atomic E-state index is 0.0252. The number of carbonyl (C=O) groups is 1. The van der Waals surface area contributed by atoms with E-state index in [9.17, 15) is 4.79 Å². The molecule has 0 unspecified atom stereocenters. The SMILES string of the molecule is C[C@@H](NC(=O)CCc1ccc(Cl)c(Cl)c1)c1ccc2c(c1)CCC2. The summed E-state index contributed by atoms with van der Waals surface area (Å²) in [5.74, 6) is 0.0501. The molecule has 0 saturated carbocycles. The van der Waals surface area contributed by atoms with Crippen molar-refractivity contribution < 1.29 is 4.79 Å². The van der Waals surface area contributed by atoms with Gasteiger partial charge in [-0.2, -0.15) is 0 Å². The number of nitrogens with one attached hydrogen (secondary N) is 1. The van der Waals surface area contributed by atoms with Crippen LogP contribution in [0.2, 0.25) is 10.0 Å². The molecule has 126 valence electrons. The standard InChI is InChI=1S/C20H21Cl2NO/c1-13(16-8-7-15-3-2-4-17(15)12-16)23-20(24)10-6-14-5-9-18(21)19(22)11-14/h5,7-9,11-13H,2-4,6,10H2,1H3,(H,23,24)/t13-/m1/s1. The largest absolute Gasteiger partial charge is 0.350 e. The van der Waals surface area contributed by atoms with Crippen molar-refractivity contribution in [2.45, 2.75) is 45.1 Å². The molecular formula is C20H21Cl2NO. The van der Waals surface area contributed by atoms with Crippen LogP contribution in [0.1, 0.15) is 48.1 Å². The van der Waals surface area contributed by atoms with Crippen molar-refractivity contribution in [3.8, 4) is 0 Å². The summed E-state index contributed by atoms with van der Waals surface area (Å²) in [4.78, 5) is 12.2. The number of halogens is 2. The maximum atomic E-state index is 12.2. The van der Waals surface area contributed by atoms with Crippen molar-refractivity contribution in [3.05, 3.63) is 68.7 Å². The number of aryl methyl sites for hydroxylation is 3. The van der Waals surface area contributed by atoms with Crippen LogP contribution >= 0.6 is 23.2 Å². The van der Waals surface area contributed by atoms with Crippen LogP contribution in [0.15, 0.2) is 36.4 Å². The number of amides is 1.